The van der Waals surface area contributed by atoms with Crippen LogP contribution in [0.3, 0.4) is 0 Å². The summed E-state index contributed by atoms with van der Waals surface area (Å²) in [6.07, 6.45) is 3.58. The third-order valence-corrected chi connectivity index (χ3v) is 4.02. The van der Waals surface area contributed by atoms with Crippen molar-refractivity contribution in [1.29, 1.82) is 0 Å². The predicted molar refractivity (Wildman–Crippen MR) is 97.8 cm³/mol. The van der Waals surface area contributed by atoms with Crippen molar-refractivity contribution in [1.82, 2.24) is 9.88 Å². The van der Waals surface area contributed by atoms with E-state index in [1.807, 2.05) is 30.5 Å². The van der Waals surface area contributed by atoms with Crippen LogP contribution in [-0.2, 0) is 13.1 Å². The highest BCUT2D eigenvalue weighted by Crippen LogP contribution is 2.30. The summed E-state index contributed by atoms with van der Waals surface area (Å²) in [6.45, 7) is 1.61. The molecule has 25 heavy (non-hydrogen) atoms. The maximum absolute atomic E-state index is 13.6. The van der Waals surface area contributed by atoms with Crippen molar-refractivity contribution in [3.8, 4) is 16.9 Å². The molecule has 4 heteroatoms. The number of hydrogen-bond acceptors (Lipinski definition) is 3. The van der Waals surface area contributed by atoms with Gasteiger partial charge in [0.25, 0.3) is 0 Å². The van der Waals surface area contributed by atoms with Gasteiger partial charge in [-0.05, 0) is 42.4 Å². The molecule has 0 bridgehead atoms. The van der Waals surface area contributed by atoms with Crippen LogP contribution >= 0.6 is 0 Å². The molecule has 1 heterocycles. The fourth-order valence-electron chi connectivity index (χ4n) is 2.89. The molecule has 0 amide bonds. The number of aromatic nitrogens is 1. The van der Waals surface area contributed by atoms with Crippen molar-refractivity contribution in [3.05, 3.63) is 83.9 Å². The van der Waals surface area contributed by atoms with Gasteiger partial charge in [0.15, 0.2) is 0 Å². The van der Waals surface area contributed by atoms with E-state index < -0.39 is 0 Å². The zero-order valence-electron chi connectivity index (χ0n) is 14.4. The van der Waals surface area contributed by atoms with Crippen LogP contribution in [0.2, 0.25) is 0 Å². The number of hydrogen-bond donors (Lipinski definition) is 0. The van der Waals surface area contributed by atoms with Gasteiger partial charge in [0.1, 0.15) is 11.6 Å². The first-order valence-electron chi connectivity index (χ1n) is 8.16. The van der Waals surface area contributed by atoms with E-state index in [9.17, 15) is 4.39 Å². The van der Waals surface area contributed by atoms with Gasteiger partial charge in [-0.15, -0.1) is 0 Å². The molecule has 0 spiro atoms. The second kappa shape index (κ2) is 7.90. The normalized spacial score (nSPS) is 10.9. The number of methoxy groups -OCH3 is 1. The molecular formula is C21H21FN2O. The molecule has 0 unspecified atom stereocenters. The molecule has 0 fully saturated rings. The monoisotopic (exact) mass is 336 g/mol. The van der Waals surface area contributed by atoms with Gasteiger partial charge in [-0.2, -0.15) is 0 Å². The van der Waals surface area contributed by atoms with Crippen molar-refractivity contribution in [2.24, 2.45) is 0 Å². The van der Waals surface area contributed by atoms with Crippen molar-refractivity contribution >= 4 is 0 Å². The molecular weight excluding hydrogens is 315 g/mol. The molecule has 2 aromatic carbocycles. The van der Waals surface area contributed by atoms with Crippen LogP contribution in [0, 0.1) is 5.82 Å². The summed E-state index contributed by atoms with van der Waals surface area (Å²) in [4.78, 5) is 6.54. The van der Waals surface area contributed by atoms with Gasteiger partial charge in [0.05, 0.1) is 7.11 Å². The van der Waals surface area contributed by atoms with Crippen LogP contribution in [0.1, 0.15) is 11.1 Å². The molecule has 1 aromatic heterocycles. The third kappa shape index (κ3) is 4.43. The molecule has 0 atom stereocenters. The minimum absolute atomic E-state index is 0.289. The van der Waals surface area contributed by atoms with Crippen LogP contribution in [0.5, 0.6) is 5.75 Å². The van der Waals surface area contributed by atoms with E-state index in [2.05, 4.69) is 29.1 Å². The highest BCUT2D eigenvalue weighted by Gasteiger charge is 2.09. The number of halogens is 1. The second-order valence-corrected chi connectivity index (χ2v) is 6.08. The molecule has 128 valence electrons. The van der Waals surface area contributed by atoms with Crippen molar-refractivity contribution in [3.63, 3.8) is 0 Å². The highest BCUT2D eigenvalue weighted by molar-refractivity contribution is 5.70. The fraction of sp³-hybridized carbons (Fsp3) is 0.190. The van der Waals surface area contributed by atoms with Crippen LogP contribution < -0.4 is 4.74 Å². The number of nitrogens with zero attached hydrogens (tertiary/aromatic N) is 2. The molecule has 0 aliphatic rings. The van der Waals surface area contributed by atoms with E-state index >= 15 is 0 Å². The van der Waals surface area contributed by atoms with Gasteiger partial charge in [-0.25, -0.2) is 4.39 Å². The van der Waals surface area contributed by atoms with Gasteiger partial charge in [0.2, 0.25) is 0 Å². The summed E-state index contributed by atoms with van der Waals surface area (Å²) in [7, 11) is 3.66. The van der Waals surface area contributed by atoms with E-state index in [0.29, 0.717) is 11.3 Å². The Balaban J connectivity index is 1.79. The van der Waals surface area contributed by atoms with Crippen molar-refractivity contribution in [2.75, 3.05) is 14.2 Å². The lowest BCUT2D eigenvalue weighted by atomic mass is 10.0. The van der Waals surface area contributed by atoms with E-state index in [0.717, 1.165) is 24.2 Å². The maximum atomic E-state index is 13.6. The van der Waals surface area contributed by atoms with Gasteiger partial charge in [-0.3, -0.25) is 9.88 Å². The highest BCUT2D eigenvalue weighted by atomic mass is 19.1. The number of rotatable bonds is 6. The predicted octanol–water partition coefficient (Wildman–Crippen LogP) is 4.53. The molecule has 0 radical (unpaired) electrons. The van der Waals surface area contributed by atoms with Gasteiger partial charge in [-0.1, -0.05) is 30.3 Å². The minimum atomic E-state index is -0.289. The first-order valence-corrected chi connectivity index (χ1v) is 8.16. The van der Waals surface area contributed by atoms with Crippen molar-refractivity contribution in [2.45, 2.75) is 13.1 Å². The van der Waals surface area contributed by atoms with E-state index in [4.69, 9.17) is 4.74 Å². The van der Waals surface area contributed by atoms with Crippen LogP contribution in [0.15, 0.2) is 67.0 Å². The molecule has 3 aromatic rings. The number of benzene rings is 2. The van der Waals surface area contributed by atoms with Crippen LogP contribution in [0.4, 0.5) is 4.39 Å². The Bertz CT molecular complexity index is 836. The molecule has 0 aliphatic carbocycles. The Labute approximate surface area is 147 Å². The first-order chi connectivity index (χ1) is 12.2. The number of ether oxygens (including phenoxy) is 1. The van der Waals surface area contributed by atoms with Gasteiger partial charge >= 0.3 is 0 Å². The standard InChI is InChI=1S/C21H21FN2O/c1-24(14-16-6-4-3-5-7-16)15-17-10-18(13-23-12-17)20-11-19(22)8-9-21(20)25-2/h3-13H,14-15H2,1-2H3. The second-order valence-electron chi connectivity index (χ2n) is 6.08. The van der Waals surface area contributed by atoms with Gasteiger partial charge < -0.3 is 4.74 Å². The summed E-state index contributed by atoms with van der Waals surface area (Å²) >= 11 is 0. The lowest BCUT2D eigenvalue weighted by Crippen LogP contribution is -2.17. The fourth-order valence-corrected chi connectivity index (χ4v) is 2.89. The molecule has 0 saturated carbocycles. The molecule has 3 rings (SSSR count). The quantitative estimate of drug-likeness (QED) is 0.661. The average molecular weight is 336 g/mol. The third-order valence-electron chi connectivity index (χ3n) is 4.02. The Morgan fingerprint density at radius 1 is 0.960 bits per heavy atom. The van der Waals surface area contributed by atoms with E-state index in [1.54, 1.807) is 19.4 Å². The van der Waals surface area contributed by atoms with Crippen LogP contribution in [0.25, 0.3) is 11.1 Å². The average Bonchev–Trinajstić information content (AvgIpc) is 2.62. The largest absolute Gasteiger partial charge is 0.496 e. The Kier molecular flexibility index (Phi) is 5.41. The van der Waals surface area contributed by atoms with E-state index in [1.165, 1.54) is 17.7 Å². The Hall–Kier alpha value is -2.72. The minimum Gasteiger partial charge on any atom is -0.496 e. The van der Waals surface area contributed by atoms with Gasteiger partial charge in [0, 0.05) is 36.6 Å². The smallest absolute Gasteiger partial charge is 0.126 e. The zero-order valence-corrected chi connectivity index (χ0v) is 14.4. The summed E-state index contributed by atoms with van der Waals surface area (Å²) in [5.41, 5.74) is 3.90. The lowest BCUT2D eigenvalue weighted by molar-refractivity contribution is 0.319. The summed E-state index contributed by atoms with van der Waals surface area (Å²) in [6, 6.07) is 16.9. The number of pyridine rings is 1. The Morgan fingerprint density at radius 2 is 1.72 bits per heavy atom. The first kappa shape index (κ1) is 17.1. The summed E-state index contributed by atoms with van der Waals surface area (Å²) in [5.74, 6) is 0.348. The summed E-state index contributed by atoms with van der Waals surface area (Å²) in [5, 5.41) is 0. The zero-order chi connectivity index (χ0) is 17.6. The Morgan fingerprint density at radius 3 is 2.48 bits per heavy atom. The maximum Gasteiger partial charge on any atom is 0.126 e. The van der Waals surface area contributed by atoms with Crippen LogP contribution in [-0.4, -0.2) is 24.0 Å². The topological polar surface area (TPSA) is 25.4 Å². The van der Waals surface area contributed by atoms with E-state index in [-0.39, 0.29) is 5.82 Å². The molecule has 0 N–H and O–H groups in total. The molecule has 0 saturated heterocycles. The molecule has 0 aliphatic heterocycles. The molecule has 3 nitrogen and oxygen atoms in total. The lowest BCUT2D eigenvalue weighted by Gasteiger charge is -2.17. The summed E-state index contributed by atoms with van der Waals surface area (Å²) < 4.78 is 19.0. The van der Waals surface area contributed by atoms with Crippen molar-refractivity contribution < 1.29 is 9.13 Å². The SMILES string of the molecule is COc1ccc(F)cc1-c1cncc(CN(C)Cc2ccccc2)c1.